The van der Waals surface area contributed by atoms with Crippen LogP contribution in [0, 0.1) is 0 Å². The summed E-state index contributed by atoms with van der Waals surface area (Å²) in [5.74, 6) is 0. The van der Waals surface area contributed by atoms with Gasteiger partial charge < -0.3 is 0 Å². The molecule has 0 saturated heterocycles. The zero-order valence-corrected chi connectivity index (χ0v) is 7.39. The summed E-state index contributed by atoms with van der Waals surface area (Å²) in [4.78, 5) is -2.04. The van der Waals surface area contributed by atoms with Crippen molar-refractivity contribution >= 4 is 11.6 Å². The summed E-state index contributed by atoms with van der Waals surface area (Å²) in [6.45, 7) is 2.85. The van der Waals surface area contributed by atoms with Gasteiger partial charge in [-0.15, -0.1) is 11.6 Å². The van der Waals surface area contributed by atoms with Crippen molar-refractivity contribution in [3.05, 3.63) is 0 Å². The molecule has 0 aromatic carbocycles. The average molecular weight is 189 g/mol. The Kier molecular flexibility index (Phi) is 3.68. The third-order valence-corrected chi connectivity index (χ3v) is 1.99. The summed E-state index contributed by atoms with van der Waals surface area (Å²) in [6.07, 6.45) is -3.05. The van der Waals surface area contributed by atoms with Crippen LogP contribution < -0.4 is 0 Å². The molecule has 1 atom stereocenters. The first-order chi connectivity index (χ1) is 4.81. The fourth-order valence-corrected chi connectivity index (χ4v) is 0.784. The molecule has 0 aromatic rings. The Bertz CT molecular complexity index is 117. The minimum absolute atomic E-state index is 0.00540. The Balaban J connectivity index is 4.00. The summed E-state index contributed by atoms with van der Waals surface area (Å²) in [5.41, 5.74) is 0. The molecule has 4 heteroatoms. The Labute approximate surface area is 69.7 Å². The second kappa shape index (κ2) is 3.65. The second-order valence-electron chi connectivity index (χ2n) is 2.80. The lowest BCUT2D eigenvalue weighted by molar-refractivity contribution is -0.159. The maximum atomic E-state index is 12.0. The van der Waals surface area contributed by atoms with Crippen LogP contribution in [-0.2, 0) is 0 Å². The first-order valence-electron chi connectivity index (χ1n) is 3.57. The van der Waals surface area contributed by atoms with Gasteiger partial charge in [0.2, 0.25) is 0 Å². The molecule has 0 N–H and O–H groups in total. The summed E-state index contributed by atoms with van der Waals surface area (Å²) in [7, 11) is 0. The minimum Gasteiger partial charge on any atom is -0.169 e. The Hall–Kier alpha value is 0.0800. The quantitative estimate of drug-likeness (QED) is 0.592. The molecule has 0 aromatic heterocycles. The van der Waals surface area contributed by atoms with E-state index in [0.29, 0.717) is 6.42 Å². The molecule has 1 unspecified atom stereocenters. The average Bonchev–Trinajstić information content (AvgIpc) is 1.81. The lowest BCUT2D eigenvalue weighted by Crippen LogP contribution is -2.36. The molecule has 0 rings (SSSR count). The van der Waals surface area contributed by atoms with Crippen molar-refractivity contribution in [2.75, 3.05) is 0 Å². The molecule has 0 radical (unpaired) electrons. The highest BCUT2D eigenvalue weighted by atomic mass is 35.5. The molecule has 0 aliphatic rings. The fourth-order valence-electron chi connectivity index (χ4n) is 0.650. The van der Waals surface area contributed by atoms with Crippen molar-refractivity contribution in [2.24, 2.45) is 0 Å². The largest absolute Gasteiger partial charge is 0.407 e. The molecule has 0 nitrogen and oxygen atoms in total. The Morgan fingerprint density at radius 3 is 2.00 bits per heavy atom. The number of alkyl halides is 4. The Morgan fingerprint density at radius 2 is 1.73 bits per heavy atom. The van der Waals surface area contributed by atoms with E-state index in [9.17, 15) is 13.2 Å². The third kappa shape index (κ3) is 3.32. The van der Waals surface area contributed by atoms with Crippen LogP contribution in [0.15, 0.2) is 0 Å². The van der Waals surface area contributed by atoms with Gasteiger partial charge in [-0.2, -0.15) is 13.2 Å². The van der Waals surface area contributed by atoms with Gasteiger partial charge in [-0.05, 0) is 13.3 Å². The van der Waals surface area contributed by atoms with Gasteiger partial charge in [0.1, 0.15) is 4.87 Å². The third-order valence-electron chi connectivity index (χ3n) is 1.59. The molecule has 0 heterocycles. The van der Waals surface area contributed by atoms with E-state index in [1.165, 1.54) is 0 Å². The van der Waals surface area contributed by atoms with Crippen LogP contribution in [0.4, 0.5) is 13.2 Å². The van der Waals surface area contributed by atoms with Crippen molar-refractivity contribution in [1.29, 1.82) is 0 Å². The van der Waals surface area contributed by atoms with Crippen LogP contribution in [0.2, 0.25) is 0 Å². The van der Waals surface area contributed by atoms with E-state index in [2.05, 4.69) is 0 Å². The monoisotopic (exact) mass is 188 g/mol. The van der Waals surface area contributed by atoms with Gasteiger partial charge in [0.25, 0.3) is 0 Å². The van der Waals surface area contributed by atoms with E-state index in [1.807, 2.05) is 6.92 Å². The maximum Gasteiger partial charge on any atom is 0.407 e. The Morgan fingerprint density at radius 1 is 1.27 bits per heavy atom. The number of hydrogen-bond acceptors (Lipinski definition) is 0. The summed E-state index contributed by atoms with van der Waals surface area (Å²) in [5, 5.41) is 0. The number of hydrogen-bond donors (Lipinski definition) is 0. The van der Waals surface area contributed by atoms with Crippen LogP contribution in [0.25, 0.3) is 0 Å². The standard InChI is InChI=1S/C7H12ClF3/c1-3-4-5-6(2,8)7(9,10)11/h3-5H2,1-2H3. The van der Waals surface area contributed by atoms with Gasteiger partial charge in [-0.3, -0.25) is 0 Å². The molecule has 0 spiro atoms. The van der Waals surface area contributed by atoms with Gasteiger partial charge in [0.15, 0.2) is 0 Å². The molecular formula is C7H12ClF3. The van der Waals surface area contributed by atoms with Crippen molar-refractivity contribution in [3.63, 3.8) is 0 Å². The van der Waals surface area contributed by atoms with E-state index >= 15 is 0 Å². The van der Waals surface area contributed by atoms with Gasteiger partial charge in [-0.25, -0.2) is 0 Å². The van der Waals surface area contributed by atoms with Crippen molar-refractivity contribution in [1.82, 2.24) is 0 Å². The summed E-state index contributed by atoms with van der Waals surface area (Å²) < 4.78 is 36.1. The SMILES string of the molecule is CCCCC(C)(Cl)C(F)(F)F. The smallest absolute Gasteiger partial charge is 0.169 e. The fraction of sp³-hybridized carbons (Fsp3) is 1.00. The molecule has 68 valence electrons. The van der Waals surface area contributed by atoms with E-state index in [4.69, 9.17) is 11.6 Å². The van der Waals surface area contributed by atoms with Gasteiger partial charge >= 0.3 is 6.18 Å². The van der Waals surface area contributed by atoms with Crippen LogP contribution in [0.5, 0.6) is 0 Å². The van der Waals surface area contributed by atoms with Crippen LogP contribution in [0.3, 0.4) is 0 Å². The highest BCUT2D eigenvalue weighted by Gasteiger charge is 2.48. The summed E-state index contributed by atoms with van der Waals surface area (Å²) in [6, 6.07) is 0. The molecule has 0 bridgehead atoms. The minimum atomic E-state index is -4.29. The second-order valence-corrected chi connectivity index (χ2v) is 3.63. The molecule has 11 heavy (non-hydrogen) atoms. The van der Waals surface area contributed by atoms with Crippen molar-refractivity contribution < 1.29 is 13.2 Å². The van der Waals surface area contributed by atoms with Crippen LogP contribution in [0.1, 0.15) is 33.1 Å². The lowest BCUT2D eigenvalue weighted by Gasteiger charge is -2.24. The normalized spacial score (nSPS) is 18.0. The predicted octanol–water partition coefficient (Wildman–Crippen LogP) is 3.74. The molecule has 0 aliphatic carbocycles. The number of unbranched alkanes of at least 4 members (excludes halogenated alkanes) is 1. The maximum absolute atomic E-state index is 12.0. The number of halogens is 4. The van der Waals surface area contributed by atoms with Crippen molar-refractivity contribution in [2.45, 2.75) is 44.2 Å². The van der Waals surface area contributed by atoms with Gasteiger partial charge in [0.05, 0.1) is 0 Å². The molecule has 0 amide bonds. The first kappa shape index (κ1) is 11.1. The molecule has 0 fully saturated rings. The number of rotatable bonds is 3. The van der Waals surface area contributed by atoms with E-state index in [1.54, 1.807) is 0 Å². The highest BCUT2D eigenvalue weighted by Crippen LogP contribution is 2.39. The molecule has 0 aliphatic heterocycles. The molecule has 0 saturated carbocycles. The van der Waals surface area contributed by atoms with Gasteiger partial charge in [0, 0.05) is 0 Å². The van der Waals surface area contributed by atoms with Crippen LogP contribution >= 0.6 is 11.6 Å². The summed E-state index contributed by atoms with van der Waals surface area (Å²) >= 11 is 5.27. The van der Waals surface area contributed by atoms with Gasteiger partial charge in [-0.1, -0.05) is 19.8 Å². The van der Waals surface area contributed by atoms with E-state index < -0.39 is 11.1 Å². The predicted molar refractivity (Wildman–Crippen MR) is 39.8 cm³/mol. The van der Waals surface area contributed by atoms with E-state index in [0.717, 1.165) is 13.3 Å². The highest BCUT2D eigenvalue weighted by molar-refractivity contribution is 6.24. The first-order valence-corrected chi connectivity index (χ1v) is 3.94. The molecular weight excluding hydrogens is 177 g/mol. The zero-order valence-electron chi connectivity index (χ0n) is 6.63. The van der Waals surface area contributed by atoms with Crippen molar-refractivity contribution in [3.8, 4) is 0 Å². The topological polar surface area (TPSA) is 0 Å². The lowest BCUT2D eigenvalue weighted by atomic mass is 10.0. The van der Waals surface area contributed by atoms with E-state index in [-0.39, 0.29) is 6.42 Å². The van der Waals surface area contributed by atoms with Crippen LogP contribution in [-0.4, -0.2) is 11.1 Å². The zero-order chi connectivity index (χ0) is 9.12.